The third-order valence-electron chi connectivity index (χ3n) is 27.2. The Labute approximate surface area is 667 Å². The third-order valence-corrected chi connectivity index (χ3v) is 28.3. The van der Waals surface area contributed by atoms with E-state index in [9.17, 15) is 81.1 Å². The predicted octanol–water partition coefficient (Wildman–Crippen LogP) is 0.458. The second-order valence-corrected chi connectivity index (χ2v) is 36.9. The third kappa shape index (κ3) is 17.2. The van der Waals surface area contributed by atoms with Gasteiger partial charge in [0.2, 0.25) is 6.29 Å². The van der Waals surface area contributed by atoms with E-state index in [-0.39, 0.29) is 47.5 Å². The molecule has 0 spiro atoms. The van der Waals surface area contributed by atoms with Gasteiger partial charge in [-0.1, -0.05) is 103 Å². The number of nitrogens with zero attached hydrogens (tertiary/aromatic N) is 2. The minimum atomic E-state index is -2.27. The molecule has 114 heavy (non-hydrogen) atoms. The standard InChI is InChI=1S/C58H94O25.C18H22N2S.C4H6O6/c1-23-44(80-47-40(69)34(63)27(60)21-74-47)38(67)42(71)48(76-23)79-33-13-14-55(7)30(54(33,5)6)12-15-56(8)31(55)11-10-25-26-18-53(3,4)16-17-58(26,32(62)19-57(25,56)9)52(73)83-51-46(35(64)28(61)22-75-51)82-49-43(72)39(68)45(24(2)77-49)81-50-41(70)37(66)36(65)29(20-59)78-50;1-14(12-19(2)3)13-20-15-8-4-6-10-17(15)21-18-11-7-5-9-16(18)20;5-1(3(7)8)2(6)4(9)10/h10,23-24,26-51,59-72H,11-22H2,1-9H3;4-11,14H,12-13H2,1-3H3;1-2,5-6H,(H,7,8)(H,9,10). The van der Waals surface area contributed by atoms with E-state index in [2.05, 4.69) is 134 Å². The number of hydrogen-bond donors (Lipinski definition) is 18. The van der Waals surface area contributed by atoms with Gasteiger partial charge in [-0.25, -0.2) is 9.59 Å². The highest BCUT2D eigenvalue weighted by molar-refractivity contribution is 7.99. The van der Waals surface area contributed by atoms with Gasteiger partial charge in [0, 0.05) is 22.9 Å². The van der Waals surface area contributed by atoms with Crippen LogP contribution in [0.2, 0.25) is 0 Å². The van der Waals surface area contributed by atoms with Gasteiger partial charge in [-0.3, -0.25) is 4.79 Å². The van der Waals surface area contributed by atoms with Crippen LogP contribution in [0.25, 0.3) is 0 Å². The summed E-state index contributed by atoms with van der Waals surface area (Å²) in [5.74, 6) is -3.92. The smallest absolute Gasteiger partial charge is 0.335 e. The first-order chi connectivity index (χ1) is 53.4. The predicted molar refractivity (Wildman–Crippen MR) is 401 cm³/mol. The largest absolute Gasteiger partial charge is 0.479 e. The first kappa shape index (κ1) is 90.5. The quantitative estimate of drug-likeness (QED) is 0.0547. The molecule has 18 N–H and O–H groups in total. The second-order valence-electron chi connectivity index (χ2n) is 35.8. The summed E-state index contributed by atoms with van der Waals surface area (Å²) in [6.07, 6.45) is -33.8. The lowest BCUT2D eigenvalue weighted by Gasteiger charge is -2.71. The summed E-state index contributed by atoms with van der Waals surface area (Å²) in [6, 6.07) is 17.4. The molecule has 35 unspecified atom stereocenters. The lowest BCUT2D eigenvalue weighted by atomic mass is 9.33. The van der Waals surface area contributed by atoms with E-state index in [1.165, 1.54) is 28.1 Å². The molecule has 9 fully saturated rings. The number of carbonyl (C=O) groups is 3. The zero-order valence-electron chi connectivity index (χ0n) is 66.7. The molecule has 6 aliphatic heterocycles. The van der Waals surface area contributed by atoms with Crippen molar-refractivity contribution in [2.24, 2.45) is 56.2 Å². The molecule has 11 aliphatic rings. The normalized spacial score (nSPS) is 44.3. The molecule has 0 radical (unpaired) electrons. The summed E-state index contributed by atoms with van der Waals surface area (Å²) in [6.45, 7) is 21.7. The zero-order chi connectivity index (χ0) is 83.7. The fraction of sp³-hybridized carbons (Fsp3) is 0.787. The van der Waals surface area contributed by atoms with Crippen molar-refractivity contribution in [2.75, 3.05) is 51.9 Å². The van der Waals surface area contributed by atoms with Crippen molar-refractivity contribution >= 4 is 41.0 Å². The van der Waals surface area contributed by atoms with Crippen LogP contribution in [0.5, 0.6) is 0 Å². The van der Waals surface area contributed by atoms with E-state index in [1.807, 2.05) is 11.8 Å². The van der Waals surface area contributed by atoms with Crippen molar-refractivity contribution in [3.63, 3.8) is 0 Å². The maximum atomic E-state index is 15.4. The minimum absolute atomic E-state index is 0.129. The van der Waals surface area contributed by atoms with Crippen molar-refractivity contribution in [1.82, 2.24) is 4.90 Å². The fourth-order valence-corrected chi connectivity index (χ4v) is 21.8. The van der Waals surface area contributed by atoms with Gasteiger partial charge in [0.05, 0.1) is 55.6 Å². The zero-order valence-corrected chi connectivity index (χ0v) is 67.5. The van der Waals surface area contributed by atoms with Gasteiger partial charge in [0.15, 0.2) is 43.5 Å². The van der Waals surface area contributed by atoms with Gasteiger partial charge in [-0.05, 0) is 161 Å². The van der Waals surface area contributed by atoms with Gasteiger partial charge in [0.25, 0.3) is 0 Å². The Morgan fingerprint density at radius 2 is 1.09 bits per heavy atom. The molecule has 35 atom stereocenters. The monoisotopic (exact) mass is 1640 g/mol. The minimum Gasteiger partial charge on any atom is -0.479 e. The molecule has 33 nitrogen and oxygen atoms in total. The van der Waals surface area contributed by atoms with Crippen LogP contribution in [-0.2, 0) is 61.8 Å². The number of aliphatic hydroxyl groups excluding tert-OH is 16. The average molecular weight is 1640 g/mol. The SMILES string of the molecule is CC(CN(C)C)CN1c2ccccc2Sc2ccccc21.CC1OC(OC2CCC3(C)C(CCC4(C)C3CC=C3C5CC(C)(C)CCC5(C(=O)OC5OCC(O)C(O)C5OC5OC(C)C(OC6OC(CO)C(O)C(O)C6O)C(O)C5O)C(O)CC34C)C2(C)C)C(O)C(O)C1OC1OCC(O)C(O)C1O.O=C(O)C(O)C(O)C(=O)O. The Morgan fingerprint density at radius 1 is 0.579 bits per heavy atom. The van der Waals surface area contributed by atoms with Crippen molar-refractivity contribution in [3.8, 4) is 0 Å². The van der Waals surface area contributed by atoms with Crippen LogP contribution in [0.15, 0.2) is 70.0 Å². The molecule has 6 heterocycles. The van der Waals surface area contributed by atoms with E-state index in [0.29, 0.717) is 31.6 Å². The summed E-state index contributed by atoms with van der Waals surface area (Å²) in [4.78, 5) is 42.4. The lowest BCUT2D eigenvalue weighted by molar-refractivity contribution is -0.374. The number of aliphatic hydroxyl groups is 16. The van der Waals surface area contributed by atoms with E-state index in [0.717, 1.165) is 37.9 Å². The molecule has 5 aliphatic carbocycles. The number of carboxylic acids is 2. The number of carboxylic acid groups (broad SMARTS) is 2. The number of allylic oxidation sites excluding steroid dienone is 2. The van der Waals surface area contributed by atoms with Crippen molar-refractivity contribution in [1.29, 1.82) is 0 Å². The molecule has 13 rings (SSSR count). The van der Waals surface area contributed by atoms with Gasteiger partial charge in [-0.2, -0.15) is 0 Å². The Morgan fingerprint density at radius 3 is 1.65 bits per heavy atom. The molecular formula is C80H122N2O31S. The molecule has 2 aromatic carbocycles. The first-order valence-corrected chi connectivity index (χ1v) is 40.5. The molecular weight excluding hydrogens is 1520 g/mol. The number of ether oxygens (including phenoxy) is 10. The van der Waals surface area contributed by atoms with Crippen molar-refractivity contribution < 1.29 is 154 Å². The van der Waals surface area contributed by atoms with E-state index < -0.39 is 219 Å². The highest BCUT2D eigenvalue weighted by Crippen LogP contribution is 2.76. The number of carbonyl (C=O) groups excluding carboxylic acids is 1. The molecule has 5 saturated heterocycles. The van der Waals surface area contributed by atoms with Crippen LogP contribution in [0.3, 0.4) is 0 Å². The van der Waals surface area contributed by atoms with E-state index in [4.69, 9.17) is 67.8 Å². The molecule has 2 aromatic rings. The number of para-hydroxylation sites is 2. The van der Waals surface area contributed by atoms with Crippen molar-refractivity contribution in [2.45, 2.75) is 303 Å². The molecule has 4 saturated carbocycles. The lowest BCUT2D eigenvalue weighted by Crippen LogP contribution is -2.68. The fourth-order valence-electron chi connectivity index (χ4n) is 20.7. The van der Waals surface area contributed by atoms with Crippen LogP contribution >= 0.6 is 11.8 Å². The topological polar surface area (TPSA) is 514 Å². The number of rotatable bonds is 18. The Kier molecular flexibility index (Phi) is 28.1. The van der Waals surface area contributed by atoms with Gasteiger partial charge in [0.1, 0.15) is 97.0 Å². The summed E-state index contributed by atoms with van der Waals surface area (Å²) in [7, 11) is 4.29. The first-order valence-electron chi connectivity index (χ1n) is 39.7. The van der Waals surface area contributed by atoms with Gasteiger partial charge in [-0.15, -0.1) is 0 Å². The Bertz CT molecular complexity index is 3590. The van der Waals surface area contributed by atoms with Gasteiger partial charge < -0.3 is 149 Å². The average Bonchev–Trinajstić information content (AvgIpc) is 0.670. The molecule has 34 heteroatoms. The van der Waals surface area contributed by atoms with E-state index >= 15 is 4.79 Å². The molecule has 0 bridgehead atoms. The Hall–Kier alpha value is -4.30. The van der Waals surface area contributed by atoms with Crippen LogP contribution in [0.1, 0.15) is 127 Å². The van der Waals surface area contributed by atoms with Crippen LogP contribution in [-0.4, -0.2) is 327 Å². The van der Waals surface area contributed by atoms with E-state index in [1.54, 1.807) is 6.92 Å². The number of hydrogen-bond acceptors (Lipinski definition) is 32. The summed E-state index contributed by atoms with van der Waals surface area (Å²) in [5.41, 5.74) is 0.403. The summed E-state index contributed by atoms with van der Waals surface area (Å²) in [5, 5.41) is 185. The van der Waals surface area contributed by atoms with Gasteiger partial charge >= 0.3 is 17.9 Å². The van der Waals surface area contributed by atoms with Crippen LogP contribution < -0.4 is 4.90 Å². The number of fused-ring (bicyclic) bond motifs is 9. The molecule has 644 valence electrons. The number of aliphatic carboxylic acids is 2. The highest BCUT2D eigenvalue weighted by Gasteiger charge is 2.72. The summed E-state index contributed by atoms with van der Waals surface area (Å²) >= 11 is 1.88. The maximum absolute atomic E-state index is 15.4. The second kappa shape index (κ2) is 35.4. The highest BCUT2D eigenvalue weighted by atomic mass is 32.2. The molecule has 0 amide bonds. The number of benzene rings is 2. The summed E-state index contributed by atoms with van der Waals surface area (Å²) < 4.78 is 59.6. The van der Waals surface area contributed by atoms with Crippen LogP contribution in [0, 0.1) is 56.2 Å². The Balaban J connectivity index is 0.000000341. The maximum Gasteiger partial charge on any atom is 0.335 e. The molecule has 0 aromatic heterocycles. The number of anilines is 2. The van der Waals surface area contributed by atoms with Crippen LogP contribution in [0.4, 0.5) is 11.4 Å². The number of esters is 1. The van der Waals surface area contributed by atoms with Crippen molar-refractivity contribution in [3.05, 3.63) is 60.2 Å².